The lowest BCUT2D eigenvalue weighted by Gasteiger charge is -2.24. The van der Waals surface area contributed by atoms with Crippen LogP contribution in [0.3, 0.4) is 0 Å². The number of benzene rings is 1. The zero-order valence-electron chi connectivity index (χ0n) is 25.1. The van der Waals surface area contributed by atoms with Crippen molar-refractivity contribution in [1.82, 2.24) is 20.9 Å². The van der Waals surface area contributed by atoms with Crippen molar-refractivity contribution < 1.29 is 28.8 Å². The Morgan fingerprint density at radius 3 is 2.59 bits per heavy atom. The molecule has 3 rings (SSSR count). The summed E-state index contributed by atoms with van der Waals surface area (Å²) in [6.07, 6.45) is 1.49. The minimum atomic E-state index is -0.991. The lowest BCUT2D eigenvalue weighted by molar-refractivity contribution is -0.135. The average molecular weight is 628 g/mol. The van der Waals surface area contributed by atoms with Gasteiger partial charge in [0.15, 0.2) is 11.0 Å². The molecular weight excluding hydrogens is 586 g/mol. The molecule has 4 atom stereocenters. The van der Waals surface area contributed by atoms with Crippen LogP contribution in [-0.4, -0.2) is 71.2 Å². The van der Waals surface area contributed by atoms with E-state index >= 15 is 0 Å². The van der Waals surface area contributed by atoms with Gasteiger partial charge in [-0.05, 0) is 51.2 Å². The highest BCUT2D eigenvalue weighted by atomic mass is 32.1. The number of nitrogens with one attached hydrogen (secondary N) is 3. The Labute approximate surface area is 260 Å². The van der Waals surface area contributed by atoms with Gasteiger partial charge in [0.2, 0.25) is 23.5 Å². The molecule has 1 fully saturated rings. The van der Waals surface area contributed by atoms with E-state index in [0.717, 1.165) is 4.70 Å². The topological polar surface area (TPSA) is 216 Å². The summed E-state index contributed by atoms with van der Waals surface area (Å²) in [7, 11) is 0. The monoisotopic (exact) mass is 627 g/mol. The number of fused-ring (bicyclic) bond motifs is 1. The molecule has 7 N–H and O–H groups in total. The number of carbonyl (C=O) groups excluding carboxylic acids is 6. The molecule has 14 heteroatoms. The van der Waals surface area contributed by atoms with Crippen molar-refractivity contribution in [1.29, 1.82) is 0 Å². The van der Waals surface area contributed by atoms with E-state index in [2.05, 4.69) is 25.9 Å². The molecule has 1 aromatic carbocycles. The summed E-state index contributed by atoms with van der Waals surface area (Å²) in [5, 5.41) is 8.58. The second-order valence-electron chi connectivity index (χ2n) is 11.1. The summed E-state index contributed by atoms with van der Waals surface area (Å²) in [5.41, 5.74) is 11.5. The molecule has 0 spiro atoms. The summed E-state index contributed by atoms with van der Waals surface area (Å²) in [6, 6.07) is 5.39. The van der Waals surface area contributed by atoms with Crippen LogP contribution in [0, 0.1) is 11.8 Å². The first-order valence-corrected chi connectivity index (χ1v) is 15.6. The highest BCUT2D eigenvalue weighted by Crippen LogP contribution is 2.24. The van der Waals surface area contributed by atoms with Gasteiger partial charge in [0.25, 0.3) is 0 Å². The number of guanidine groups is 1. The van der Waals surface area contributed by atoms with Crippen molar-refractivity contribution >= 4 is 62.6 Å². The van der Waals surface area contributed by atoms with Gasteiger partial charge < -0.3 is 32.2 Å². The van der Waals surface area contributed by atoms with E-state index < -0.39 is 35.7 Å². The maximum absolute atomic E-state index is 13.6. The standard InChI is InChI=1S/C30H41N7O6S/c1-17-14-23(39)19(15-18(2)38)16-25(40)33-12-6-5-9-22(36-27(17)42)28(43)35-21(10-7-13-34-30(31)32)26(41)29-37-20-8-3-4-11-24(20)44-29/h3-4,8,11,17,19,21-22H,5-7,9-10,12-16H2,1-2H3,(H,33,40)(H,35,43)(H,36,42)(H4,31,32,34)/t17-,19+,21+,22+/m1/s1. The zero-order chi connectivity index (χ0) is 32.2. The number of Topliss-reactive ketones (excluding diaryl/α,β-unsaturated/α-hetero) is 3. The Bertz CT molecular complexity index is 1370. The molecule has 0 saturated carbocycles. The first kappa shape index (κ1) is 34.3. The van der Waals surface area contributed by atoms with Gasteiger partial charge in [-0.2, -0.15) is 0 Å². The Morgan fingerprint density at radius 2 is 1.89 bits per heavy atom. The number of hydrogen-bond acceptors (Lipinski definition) is 9. The van der Waals surface area contributed by atoms with Gasteiger partial charge in [-0.25, -0.2) is 4.98 Å². The summed E-state index contributed by atoms with van der Waals surface area (Å²) in [4.78, 5) is 85.9. The average Bonchev–Trinajstić information content (AvgIpc) is 3.40. The second-order valence-corrected chi connectivity index (χ2v) is 12.2. The van der Waals surface area contributed by atoms with Gasteiger partial charge in [-0.3, -0.25) is 29.0 Å². The van der Waals surface area contributed by atoms with Crippen molar-refractivity contribution in [2.24, 2.45) is 28.3 Å². The molecule has 1 aromatic heterocycles. The second kappa shape index (κ2) is 16.6. The maximum Gasteiger partial charge on any atom is 0.243 e. The number of nitrogens with zero attached hydrogens (tertiary/aromatic N) is 2. The molecule has 44 heavy (non-hydrogen) atoms. The van der Waals surface area contributed by atoms with Gasteiger partial charge >= 0.3 is 0 Å². The lowest BCUT2D eigenvalue weighted by atomic mass is 9.88. The Morgan fingerprint density at radius 1 is 1.14 bits per heavy atom. The van der Waals surface area contributed by atoms with Crippen LogP contribution in [0.15, 0.2) is 29.3 Å². The van der Waals surface area contributed by atoms with Crippen LogP contribution in [-0.2, 0) is 24.0 Å². The van der Waals surface area contributed by atoms with E-state index in [-0.39, 0.29) is 72.9 Å². The third-order valence-corrected chi connectivity index (χ3v) is 8.38. The largest absolute Gasteiger partial charge is 0.370 e. The Balaban J connectivity index is 1.79. The molecule has 3 amide bonds. The fourth-order valence-corrected chi connectivity index (χ4v) is 5.92. The number of aromatic nitrogens is 1. The fraction of sp³-hybridized carbons (Fsp3) is 0.533. The Kier molecular flexibility index (Phi) is 12.9. The number of aliphatic imine (C=N–C) groups is 1. The fourth-order valence-electron chi connectivity index (χ4n) is 4.96. The first-order chi connectivity index (χ1) is 20.9. The highest BCUT2D eigenvalue weighted by molar-refractivity contribution is 7.20. The number of amides is 3. The molecule has 2 heterocycles. The molecule has 13 nitrogen and oxygen atoms in total. The molecular formula is C30H41N7O6S. The molecule has 238 valence electrons. The number of hydrogen-bond donors (Lipinski definition) is 5. The van der Waals surface area contributed by atoms with E-state index in [1.165, 1.54) is 18.3 Å². The quantitative estimate of drug-likeness (QED) is 0.111. The normalized spacial score (nSPS) is 21.0. The van der Waals surface area contributed by atoms with Crippen molar-refractivity contribution in [2.75, 3.05) is 13.1 Å². The smallest absolute Gasteiger partial charge is 0.243 e. The molecule has 0 radical (unpaired) electrons. The van der Waals surface area contributed by atoms with Gasteiger partial charge in [0.05, 0.1) is 16.3 Å². The van der Waals surface area contributed by atoms with E-state index in [0.29, 0.717) is 31.3 Å². The molecule has 0 aliphatic carbocycles. The van der Waals surface area contributed by atoms with Crippen molar-refractivity contribution in [3.05, 3.63) is 29.3 Å². The number of nitrogens with two attached hydrogens (primary N) is 2. The summed E-state index contributed by atoms with van der Waals surface area (Å²) < 4.78 is 0.834. The molecule has 1 aliphatic rings. The van der Waals surface area contributed by atoms with Crippen LogP contribution < -0.4 is 27.4 Å². The van der Waals surface area contributed by atoms with E-state index in [1.54, 1.807) is 13.0 Å². The predicted octanol–water partition coefficient (Wildman–Crippen LogP) is 1.38. The van der Waals surface area contributed by atoms with Crippen molar-refractivity contribution in [3.63, 3.8) is 0 Å². The lowest BCUT2D eigenvalue weighted by Crippen LogP contribution is -2.52. The number of para-hydroxylation sites is 1. The summed E-state index contributed by atoms with van der Waals surface area (Å²) in [6.45, 7) is 3.47. The highest BCUT2D eigenvalue weighted by Gasteiger charge is 2.31. The summed E-state index contributed by atoms with van der Waals surface area (Å²) in [5.74, 6) is -4.07. The van der Waals surface area contributed by atoms with Crippen molar-refractivity contribution in [2.45, 2.75) is 77.3 Å². The van der Waals surface area contributed by atoms with E-state index in [1.807, 2.05) is 18.2 Å². The minimum absolute atomic E-state index is 0.0815. The van der Waals surface area contributed by atoms with Gasteiger partial charge in [0, 0.05) is 44.2 Å². The van der Waals surface area contributed by atoms with Crippen LogP contribution in [0.25, 0.3) is 10.2 Å². The molecule has 2 aromatic rings. The van der Waals surface area contributed by atoms with Crippen LogP contribution >= 0.6 is 11.3 Å². The third kappa shape index (κ3) is 10.5. The molecule has 1 saturated heterocycles. The number of ketones is 3. The Hall–Kier alpha value is -4.20. The van der Waals surface area contributed by atoms with Gasteiger partial charge in [-0.1, -0.05) is 19.1 Å². The van der Waals surface area contributed by atoms with Crippen LogP contribution in [0.5, 0.6) is 0 Å². The SMILES string of the molecule is CC(=O)C[C@H]1CC(=O)NCCCC[C@@H](C(=O)N[C@@H](CCCN=C(N)N)C(=O)c2nc3ccccc3s2)NC(=O)[C@H](C)CC1=O. The number of thiazole rings is 1. The van der Waals surface area contributed by atoms with Gasteiger partial charge in [-0.15, -0.1) is 11.3 Å². The van der Waals surface area contributed by atoms with E-state index in [4.69, 9.17) is 11.5 Å². The van der Waals surface area contributed by atoms with Crippen LogP contribution in [0.2, 0.25) is 0 Å². The van der Waals surface area contributed by atoms with Crippen LogP contribution in [0.1, 0.15) is 75.0 Å². The van der Waals surface area contributed by atoms with Crippen molar-refractivity contribution in [3.8, 4) is 0 Å². The molecule has 1 aliphatic heterocycles. The summed E-state index contributed by atoms with van der Waals surface area (Å²) >= 11 is 1.23. The molecule has 0 bridgehead atoms. The predicted molar refractivity (Wildman–Crippen MR) is 167 cm³/mol. The maximum atomic E-state index is 13.6. The minimum Gasteiger partial charge on any atom is -0.370 e. The van der Waals surface area contributed by atoms with E-state index in [9.17, 15) is 28.8 Å². The number of rotatable bonds is 10. The third-order valence-electron chi connectivity index (χ3n) is 7.33. The number of carbonyl (C=O) groups is 6. The zero-order valence-corrected chi connectivity index (χ0v) is 25.9. The van der Waals surface area contributed by atoms with Crippen LogP contribution in [0.4, 0.5) is 0 Å². The van der Waals surface area contributed by atoms with Gasteiger partial charge in [0.1, 0.15) is 17.6 Å². The first-order valence-electron chi connectivity index (χ1n) is 14.8. The molecule has 0 unspecified atom stereocenters.